The second-order valence-corrected chi connectivity index (χ2v) is 8.30. The number of ether oxygens (including phenoxy) is 1. The number of anilines is 1. The van der Waals surface area contributed by atoms with E-state index in [1.165, 1.54) is 28.2 Å². The SMILES string of the molecule is CCOC(=O)c1ccc(NC(=O)C[NH+]2CCc3sccc3[C@H]2C2CC2)cc1. The normalized spacial score (nSPS) is 21.4. The lowest BCUT2D eigenvalue weighted by Gasteiger charge is -2.32. The van der Waals surface area contributed by atoms with E-state index in [9.17, 15) is 9.59 Å². The van der Waals surface area contributed by atoms with Crippen LogP contribution in [0.15, 0.2) is 35.7 Å². The fourth-order valence-corrected chi connectivity index (χ4v) is 4.94. The number of fused-ring (bicyclic) bond motifs is 1. The third kappa shape index (κ3) is 4.06. The molecule has 6 heteroatoms. The van der Waals surface area contributed by atoms with Gasteiger partial charge in [0.15, 0.2) is 6.54 Å². The average molecular weight is 386 g/mol. The molecule has 1 aliphatic carbocycles. The van der Waals surface area contributed by atoms with E-state index in [4.69, 9.17) is 4.74 Å². The molecule has 27 heavy (non-hydrogen) atoms. The maximum absolute atomic E-state index is 12.6. The summed E-state index contributed by atoms with van der Waals surface area (Å²) >= 11 is 1.85. The Bertz CT molecular complexity index is 826. The first-order valence-corrected chi connectivity index (χ1v) is 10.5. The predicted molar refractivity (Wildman–Crippen MR) is 105 cm³/mol. The van der Waals surface area contributed by atoms with E-state index in [1.54, 1.807) is 31.2 Å². The monoisotopic (exact) mass is 385 g/mol. The van der Waals surface area contributed by atoms with Gasteiger partial charge in [0.25, 0.3) is 5.91 Å². The van der Waals surface area contributed by atoms with E-state index < -0.39 is 0 Å². The van der Waals surface area contributed by atoms with Gasteiger partial charge in [-0.1, -0.05) is 0 Å². The van der Waals surface area contributed by atoms with E-state index in [-0.39, 0.29) is 11.9 Å². The molecule has 1 fully saturated rings. The number of carbonyl (C=O) groups is 2. The first-order valence-electron chi connectivity index (χ1n) is 9.63. The Morgan fingerprint density at radius 3 is 2.70 bits per heavy atom. The number of hydrogen-bond acceptors (Lipinski definition) is 4. The lowest BCUT2D eigenvalue weighted by atomic mass is 9.96. The number of amides is 1. The third-order valence-corrected chi connectivity index (χ3v) is 6.39. The molecule has 0 radical (unpaired) electrons. The quantitative estimate of drug-likeness (QED) is 0.751. The van der Waals surface area contributed by atoms with Gasteiger partial charge in [0, 0.05) is 28.5 Å². The van der Waals surface area contributed by atoms with E-state index in [1.807, 2.05) is 11.3 Å². The summed E-state index contributed by atoms with van der Waals surface area (Å²) in [6.07, 6.45) is 3.62. The first kappa shape index (κ1) is 18.2. The summed E-state index contributed by atoms with van der Waals surface area (Å²) in [6.45, 7) is 3.63. The number of quaternary nitrogens is 1. The molecule has 2 atom stereocenters. The van der Waals surface area contributed by atoms with Crippen LogP contribution in [0.25, 0.3) is 0 Å². The third-order valence-electron chi connectivity index (χ3n) is 5.39. The van der Waals surface area contributed by atoms with Crippen molar-refractivity contribution >= 4 is 28.9 Å². The molecule has 1 aromatic carbocycles. The van der Waals surface area contributed by atoms with Crippen LogP contribution in [0.1, 0.15) is 46.6 Å². The summed E-state index contributed by atoms with van der Waals surface area (Å²) in [7, 11) is 0. The number of carbonyl (C=O) groups excluding carboxylic acids is 2. The molecule has 2 N–H and O–H groups in total. The summed E-state index contributed by atoms with van der Waals surface area (Å²) in [5.41, 5.74) is 2.68. The van der Waals surface area contributed by atoms with Gasteiger partial charge in [0.05, 0.1) is 18.7 Å². The fraction of sp³-hybridized carbons (Fsp3) is 0.429. The maximum Gasteiger partial charge on any atom is 0.338 e. The molecule has 1 aromatic heterocycles. The molecule has 2 heterocycles. The van der Waals surface area contributed by atoms with Crippen LogP contribution >= 0.6 is 11.3 Å². The van der Waals surface area contributed by atoms with E-state index >= 15 is 0 Å². The summed E-state index contributed by atoms with van der Waals surface area (Å²) in [5, 5.41) is 5.16. The van der Waals surface area contributed by atoms with Crippen LogP contribution in [0, 0.1) is 5.92 Å². The van der Waals surface area contributed by atoms with E-state index in [0.29, 0.717) is 30.4 Å². The van der Waals surface area contributed by atoms with Crippen molar-refractivity contribution in [1.29, 1.82) is 0 Å². The van der Waals surface area contributed by atoms with Crippen molar-refractivity contribution in [3.63, 3.8) is 0 Å². The second kappa shape index (κ2) is 7.82. The molecule has 0 bridgehead atoms. The number of hydrogen-bond donors (Lipinski definition) is 2. The minimum absolute atomic E-state index is 0.0261. The van der Waals surface area contributed by atoms with E-state index in [2.05, 4.69) is 16.8 Å². The zero-order chi connectivity index (χ0) is 18.8. The molecule has 1 unspecified atom stereocenters. The maximum atomic E-state index is 12.6. The average Bonchev–Trinajstić information content (AvgIpc) is 3.38. The number of thiophene rings is 1. The largest absolute Gasteiger partial charge is 0.462 e. The van der Waals surface area contributed by atoms with Crippen LogP contribution < -0.4 is 10.2 Å². The highest BCUT2D eigenvalue weighted by Gasteiger charge is 2.43. The molecule has 1 saturated carbocycles. The molecule has 142 valence electrons. The number of nitrogens with one attached hydrogen (secondary N) is 2. The zero-order valence-electron chi connectivity index (χ0n) is 15.5. The number of rotatable bonds is 6. The molecule has 0 spiro atoms. The van der Waals surface area contributed by atoms with Gasteiger partial charge in [-0.3, -0.25) is 4.79 Å². The van der Waals surface area contributed by atoms with Crippen molar-refractivity contribution in [2.45, 2.75) is 32.2 Å². The molecule has 2 aromatic rings. The highest BCUT2D eigenvalue weighted by Crippen LogP contribution is 2.42. The molecular formula is C21H25N2O3S+. The zero-order valence-corrected chi connectivity index (χ0v) is 16.3. The van der Waals surface area contributed by atoms with Gasteiger partial charge in [-0.2, -0.15) is 0 Å². The first-order chi connectivity index (χ1) is 13.2. The second-order valence-electron chi connectivity index (χ2n) is 7.30. The predicted octanol–water partition coefficient (Wildman–Crippen LogP) is 2.46. The highest BCUT2D eigenvalue weighted by atomic mass is 32.1. The molecule has 4 rings (SSSR count). The van der Waals surface area contributed by atoms with Gasteiger partial charge in [0.1, 0.15) is 6.04 Å². The van der Waals surface area contributed by atoms with Crippen LogP contribution in [-0.4, -0.2) is 31.6 Å². The Morgan fingerprint density at radius 1 is 1.22 bits per heavy atom. The van der Waals surface area contributed by atoms with Crippen molar-refractivity contribution in [3.8, 4) is 0 Å². The number of esters is 1. The lowest BCUT2D eigenvalue weighted by molar-refractivity contribution is -0.928. The molecule has 5 nitrogen and oxygen atoms in total. The minimum Gasteiger partial charge on any atom is -0.462 e. The topological polar surface area (TPSA) is 59.8 Å². The summed E-state index contributed by atoms with van der Waals surface area (Å²) in [5.74, 6) is 0.413. The van der Waals surface area contributed by atoms with Crippen molar-refractivity contribution < 1.29 is 19.2 Å². The fourth-order valence-electron chi connectivity index (χ4n) is 4.01. The van der Waals surface area contributed by atoms with Gasteiger partial charge in [-0.25, -0.2) is 4.79 Å². The van der Waals surface area contributed by atoms with Crippen LogP contribution in [-0.2, 0) is 16.0 Å². The highest BCUT2D eigenvalue weighted by molar-refractivity contribution is 7.10. The summed E-state index contributed by atoms with van der Waals surface area (Å²) in [6, 6.07) is 9.61. The Morgan fingerprint density at radius 2 is 2.00 bits per heavy atom. The van der Waals surface area contributed by atoms with Crippen molar-refractivity contribution in [3.05, 3.63) is 51.7 Å². The molecule has 2 aliphatic rings. The minimum atomic E-state index is -0.341. The Hall–Kier alpha value is -2.18. The van der Waals surface area contributed by atoms with Gasteiger partial charge in [-0.05, 0) is 55.5 Å². The van der Waals surface area contributed by atoms with Crippen molar-refractivity contribution in [2.75, 3.05) is 25.0 Å². The summed E-state index contributed by atoms with van der Waals surface area (Å²) < 4.78 is 4.98. The number of benzene rings is 1. The molecule has 1 amide bonds. The van der Waals surface area contributed by atoms with Crippen LogP contribution in [0.2, 0.25) is 0 Å². The van der Waals surface area contributed by atoms with Crippen molar-refractivity contribution in [1.82, 2.24) is 0 Å². The van der Waals surface area contributed by atoms with Gasteiger partial charge >= 0.3 is 5.97 Å². The van der Waals surface area contributed by atoms with Crippen molar-refractivity contribution in [2.24, 2.45) is 5.92 Å². The lowest BCUT2D eigenvalue weighted by Crippen LogP contribution is -3.14. The Kier molecular flexibility index (Phi) is 5.27. The Labute approximate surface area is 163 Å². The van der Waals surface area contributed by atoms with E-state index in [0.717, 1.165) is 18.9 Å². The van der Waals surface area contributed by atoms with Crippen LogP contribution in [0.3, 0.4) is 0 Å². The summed E-state index contributed by atoms with van der Waals surface area (Å²) in [4.78, 5) is 27.2. The Balaban J connectivity index is 1.38. The van der Waals surface area contributed by atoms with Gasteiger partial charge in [0.2, 0.25) is 0 Å². The smallest absolute Gasteiger partial charge is 0.338 e. The van der Waals surface area contributed by atoms with Gasteiger partial charge < -0.3 is 15.0 Å². The van der Waals surface area contributed by atoms with Crippen LogP contribution in [0.5, 0.6) is 0 Å². The standard InChI is InChI=1S/C21H24N2O3S/c1-2-26-21(25)15-5-7-16(8-6-15)22-19(24)13-23-11-9-18-17(10-12-27-18)20(23)14-3-4-14/h5-8,10,12,14,20H,2-4,9,11,13H2,1H3,(H,22,24)/p+1/t20-/m1/s1. The molecule has 1 aliphatic heterocycles. The van der Waals surface area contributed by atoms with Gasteiger partial charge in [-0.15, -0.1) is 11.3 Å². The molecular weight excluding hydrogens is 360 g/mol. The molecule has 0 saturated heterocycles. The van der Waals surface area contributed by atoms with Crippen LogP contribution in [0.4, 0.5) is 5.69 Å².